The predicted molar refractivity (Wildman–Crippen MR) is 27.2 cm³/mol. The maximum Gasteiger partial charge on any atom is 3.00 e. The second-order valence-electron chi connectivity index (χ2n) is 0.577. The molecule has 0 amide bonds. The minimum atomic E-state index is -0.181. The van der Waals surface area contributed by atoms with Crippen LogP contribution in [0.25, 0.3) is 0 Å². The first-order valence-corrected chi connectivity index (χ1v) is 1.91. The number of hydrogen-bond donors (Lipinski definition) is 0. The number of carbonyl (C=O) groups is 3. The fourth-order valence-electron chi connectivity index (χ4n) is 0. The molecule has 72 valence electrons. The minimum Gasteiger partial charge on any atom is -0.662 e. The summed E-state index contributed by atoms with van der Waals surface area (Å²) in [6, 6.07) is 0. The molecule has 0 saturated carbocycles. The molecule has 0 aromatic rings. The van der Waals surface area contributed by atoms with Crippen LogP contribution >= 0.6 is 0 Å². The van der Waals surface area contributed by atoms with Gasteiger partial charge >= 0.3 is 17.4 Å². The standard InChI is InChI=1S/3CH2O3.Al/c3*2-1-4-3;/h3*1,3H;/q;;;+3/p-3. The molecule has 0 N–H and O–H groups in total. The van der Waals surface area contributed by atoms with Gasteiger partial charge in [-0.2, -0.15) is 0 Å². The van der Waals surface area contributed by atoms with Crippen LogP contribution in [0.3, 0.4) is 0 Å². The summed E-state index contributed by atoms with van der Waals surface area (Å²) in [5.41, 5.74) is 0. The van der Waals surface area contributed by atoms with Crippen LogP contribution < -0.4 is 15.8 Å². The van der Waals surface area contributed by atoms with Crippen molar-refractivity contribution in [1.82, 2.24) is 0 Å². The van der Waals surface area contributed by atoms with Gasteiger partial charge in [0.05, 0.1) is 0 Å². The normalized spacial score (nSPS) is 4.85. The molecule has 9 nitrogen and oxygen atoms in total. The van der Waals surface area contributed by atoms with E-state index in [-0.39, 0.29) is 36.8 Å². The van der Waals surface area contributed by atoms with E-state index in [0.717, 1.165) is 0 Å². The van der Waals surface area contributed by atoms with Gasteiger partial charge in [-0.3, -0.25) is 14.4 Å². The molecule has 13 heavy (non-hydrogen) atoms. The molecule has 0 rings (SSSR count). The van der Waals surface area contributed by atoms with Crippen molar-refractivity contribution in [3.63, 3.8) is 0 Å². The molecule has 0 aliphatic rings. The third kappa shape index (κ3) is 254. The molecular formula is C3H3AlO9. The third-order valence-corrected chi connectivity index (χ3v) is 0.118. The van der Waals surface area contributed by atoms with Crippen LogP contribution in [0.4, 0.5) is 0 Å². The molecule has 0 bridgehead atoms. The van der Waals surface area contributed by atoms with E-state index in [0.29, 0.717) is 0 Å². The van der Waals surface area contributed by atoms with E-state index in [4.69, 9.17) is 30.2 Å². The maximum atomic E-state index is 8.64. The number of rotatable bonds is 3. The Labute approximate surface area is 82.4 Å². The Bertz CT molecular complexity index is 75.8. The maximum absolute atomic E-state index is 8.64. The van der Waals surface area contributed by atoms with Crippen molar-refractivity contribution in [1.29, 1.82) is 0 Å². The van der Waals surface area contributed by atoms with E-state index in [1.807, 2.05) is 0 Å². The van der Waals surface area contributed by atoms with Crippen LogP contribution in [0, 0.1) is 0 Å². The zero-order chi connectivity index (χ0) is 10.2. The zero-order valence-corrected chi connectivity index (χ0v) is 7.14. The Morgan fingerprint density at radius 3 is 0.769 bits per heavy atom. The van der Waals surface area contributed by atoms with Gasteiger partial charge in [-0.1, -0.05) is 0 Å². The van der Waals surface area contributed by atoms with Gasteiger partial charge in [0.1, 0.15) is 0 Å². The SMILES string of the molecule is O=CO[O-].O=CO[O-].O=CO[O-].[Al+3]. The quantitative estimate of drug-likeness (QED) is 0.193. The van der Waals surface area contributed by atoms with Crippen molar-refractivity contribution in [2.45, 2.75) is 0 Å². The van der Waals surface area contributed by atoms with Crippen molar-refractivity contribution in [3.8, 4) is 0 Å². The number of carbonyl (C=O) groups excluding carboxylic acids is 3. The van der Waals surface area contributed by atoms with Crippen molar-refractivity contribution in [3.05, 3.63) is 0 Å². The van der Waals surface area contributed by atoms with Gasteiger partial charge in [0.2, 0.25) is 0 Å². The van der Waals surface area contributed by atoms with Crippen LogP contribution in [-0.4, -0.2) is 36.8 Å². The zero-order valence-electron chi connectivity index (χ0n) is 5.98. The topological polar surface area (TPSA) is 148 Å². The Morgan fingerprint density at radius 2 is 0.769 bits per heavy atom. The van der Waals surface area contributed by atoms with E-state index in [1.165, 1.54) is 0 Å². The first kappa shape index (κ1) is 22.6. The Balaban J connectivity index is -0.0000000450. The van der Waals surface area contributed by atoms with Gasteiger partial charge in [-0.15, -0.1) is 0 Å². The van der Waals surface area contributed by atoms with Crippen LogP contribution in [0.1, 0.15) is 0 Å². The first-order chi connectivity index (χ1) is 5.74. The second kappa shape index (κ2) is 44.9. The molecule has 0 aromatic carbocycles. The van der Waals surface area contributed by atoms with E-state index in [9.17, 15) is 0 Å². The summed E-state index contributed by atoms with van der Waals surface area (Å²) in [4.78, 5) is 33.8. The summed E-state index contributed by atoms with van der Waals surface area (Å²) >= 11 is 0. The van der Waals surface area contributed by atoms with Crippen molar-refractivity contribution in [2.75, 3.05) is 0 Å². The third-order valence-electron chi connectivity index (χ3n) is 0.118. The summed E-state index contributed by atoms with van der Waals surface area (Å²) < 4.78 is 0. The average Bonchev–Trinajstić information content (AvgIpc) is 2.18. The fraction of sp³-hybridized carbons (Fsp3) is 0. The molecule has 0 heterocycles. The summed E-state index contributed by atoms with van der Waals surface area (Å²) in [6.07, 6.45) is 0. The van der Waals surface area contributed by atoms with Gasteiger partial charge in [-0.25, -0.2) is 0 Å². The molecule has 0 fully saturated rings. The van der Waals surface area contributed by atoms with Crippen LogP contribution in [0.2, 0.25) is 0 Å². The monoisotopic (exact) mass is 210 g/mol. The van der Waals surface area contributed by atoms with E-state index in [1.54, 1.807) is 0 Å². The molecule has 0 radical (unpaired) electrons. The minimum absolute atomic E-state index is 0. The van der Waals surface area contributed by atoms with Crippen molar-refractivity contribution < 1.29 is 44.8 Å². The molecule has 0 saturated heterocycles. The molecule has 10 heteroatoms. The molecule has 0 atom stereocenters. The first-order valence-electron chi connectivity index (χ1n) is 1.91. The molecular weight excluding hydrogens is 207 g/mol. The Kier molecular flexibility index (Phi) is 78.2. The van der Waals surface area contributed by atoms with Gasteiger partial charge in [0, 0.05) is 0 Å². The summed E-state index contributed by atoms with van der Waals surface area (Å²) in [5.74, 6) is 0. The van der Waals surface area contributed by atoms with Crippen molar-refractivity contribution >= 4 is 36.8 Å². The van der Waals surface area contributed by atoms with E-state index < -0.39 is 0 Å². The number of hydrogen-bond acceptors (Lipinski definition) is 9. The van der Waals surface area contributed by atoms with Crippen LogP contribution in [0.5, 0.6) is 0 Å². The van der Waals surface area contributed by atoms with Gasteiger partial charge in [-0.05, 0) is 0 Å². The molecule has 0 aliphatic carbocycles. The molecule has 0 aromatic heterocycles. The molecule has 0 spiro atoms. The Morgan fingerprint density at radius 1 is 0.692 bits per heavy atom. The van der Waals surface area contributed by atoms with Gasteiger partial charge < -0.3 is 30.4 Å². The predicted octanol–water partition coefficient (Wildman–Crippen LogP) is -5.08. The van der Waals surface area contributed by atoms with Gasteiger partial charge in [0.25, 0.3) is 19.4 Å². The van der Waals surface area contributed by atoms with Crippen LogP contribution in [0.15, 0.2) is 0 Å². The van der Waals surface area contributed by atoms with Crippen LogP contribution in [-0.2, 0) is 29.0 Å². The Hall–Kier alpha value is -1.18. The largest absolute Gasteiger partial charge is 3.00 e. The van der Waals surface area contributed by atoms with E-state index >= 15 is 0 Å². The van der Waals surface area contributed by atoms with Gasteiger partial charge in [0.15, 0.2) is 0 Å². The average molecular weight is 210 g/mol. The second-order valence-corrected chi connectivity index (χ2v) is 0.577. The fourth-order valence-corrected chi connectivity index (χ4v) is 0. The summed E-state index contributed by atoms with van der Waals surface area (Å²) in [7, 11) is 0. The molecule has 0 unspecified atom stereocenters. The summed E-state index contributed by atoms with van der Waals surface area (Å²) in [6.45, 7) is -0.542. The molecule has 0 aliphatic heterocycles. The smallest absolute Gasteiger partial charge is 0.662 e. The van der Waals surface area contributed by atoms with E-state index in [2.05, 4.69) is 14.7 Å². The summed E-state index contributed by atoms with van der Waals surface area (Å²) in [5, 5.41) is 25.3. The van der Waals surface area contributed by atoms with Crippen molar-refractivity contribution in [2.24, 2.45) is 0 Å².